The minimum absolute atomic E-state index is 0.00977. The van der Waals surface area contributed by atoms with E-state index in [9.17, 15) is 19.7 Å². The minimum atomic E-state index is -0.469. The van der Waals surface area contributed by atoms with Crippen LogP contribution in [0.5, 0.6) is 0 Å². The van der Waals surface area contributed by atoms with Crippen molar-refractivity contribution in [1.82, 2.24) is 4.57 Å². The van der Waals surface area contributed by atoms with Gasteiger partial charge in [0.2, 0.25) is 0 Å². The summed E-state index contributed by atoms with van der Waals surface area (Å²) in [7, 11) is 0. The Morgan fingerprint density at radius 1 is 1.03 bits per heavy atom. The summed E-state index contributed by atoms with van der Waals surface area (Å²) in [5.41, 5.74) is 1.70. The van der Waals surface area contributed by atoms with Crippen molar-refractivity contribution in [3.05, 3.63) is 105 Å². The number of nitro benzene ring substituents is 1. The molecule has 0 saturated carbocycles. The first kappa shape index (κ1) is 21.0. The monoisotopic (exact) mass is 405 g/mol. The third-order valence-corrected chi connectivity index (χ3v) is 4.78. The number of hydrogen-bond acceptors (Lipinski definition) is 4. The molecule has 7 heteroatoms. The topological polar surface area (TPSA) is 85.5 Å². The first-order chi connectivity index (χ1) is 14.5. The maximum Gasteiger partial charge on any atom is 0.269 e. The minimum Gasteiger partial charge on any atom is -0.310 e. The van der Waals surface area contributed by atoms with Gasteiger partial charge in [-0.25, -0.2) is 0 Å². The maximum absolute atomic E-state index is 13.2. The summed E-state index contributed by atoms with van der Waals surface area (Å²) in [5, 5.41) is 10.8. The van der Waals surface area contributed by atoms with Gasteiger partial charge in [0.1, 0.15) is 0 Å². The second-order valence-corrected chi connectivity index (χ2v) is 6.95. The molecule has 0 bridgehead atoms. The van der Waals surface area contributed by atoms with E-state index in [1.807, 2.05) is 30.3 Å². The van der Waals surface area contributed by atoms with Gasteiger partial charge in [-0.3, -0.25) is 19.7 Å². The molecule has 0 radical (unpaired) electrons. The van der Waals surface area contributed by atoms with Crippen LogP contribution in [0.1, 0.15) is 35.7 Å². The van der Waals surface area contributed by atoms with E-state index in [1.165, 1.54) is 22.8 Å². The summed E-state index contributed by atoms with van der Waals surface area (Å²) < 4.78 is 1.44. The number of nitrogens with zero attached hydrogens (tertiary/aromatic N) is 3. The Morgan fingerprint density at radius 2 is 1.73 bits per heavy atom. The molecule has 3 aromatic rings. The van der Waals surface area contributed by atoms with Crippen LogP contribution in [0.3, 0.4) is 0 Å². The Hall–Kier alpha value is -3.74. The van der Waals surface area contributed by atoms with Crippen molar-refractivity contribution in [1.29, 1.82) is 0 Å². The fraction of sp³-hybridized carbons (Fsp3) is 0.217. The zero-order valence-corrected chi connectivity index (χ0v) is 16.7. The number of amides is 1. The Kier molecular flexibility index (Phi) is 6.75. The molecule has 0 saturated heterocycles. The van der Waals surface area contributed by atoms with E-state index in [2.05, 4.69) is 6.92 Å². The number of nitro groups is 1. The van der Waals surface area contributed by atoms with E-state index >= 15 is 0 Å². The molecule has 154 valence electrons. The average molecular weight is 405 g/mol. The van der Waals surface area contributed by atoms with Crippen molar-refractivity contribution in [2.45, 2.75) is 26.3 Å². The number of rotatable bonds is 8. The molecule has 3 rings (SSSR count). The standard InChI is InChI=1S/C23H23N3O4/c1-2-3-15-25(20-7-5-4-6-8-20)23(28)19-11-14-22(27)24(17-19)16-18-9-12-21(13-10-18)26(29)30/h4-14,17H,2-3,15-16H2,1H3. The van der Waals surface area contributed by atoms with Crippen molar-refractivity contribution < 1.29 is 9.72 Å². The third-order valence-electron chi connectivity index (χ3n) is 4.78. The SMILES string of the molecule is CCCCN(C(=O)c1ccc(=O)n(Cc2ccc([N+](=O)[O-])cc2)c1)c1ccccc1. The highest BCUT2D eigenvalue weighted by Gasteiger charge is 2.18. The summed E-state index contributed by atoms with van der Waals surface area (Å²) in [6.07, 6.45) is 3.37. The lowest BCUT2D eigenvalue weighted by atomic mass is 10.1. The number of non-ortho nitro benzene ring substituents is 1. The fourth-order valence-electron chi connectivity index (χ4n) is 3.13. The Bertz CT molecular complexity index is 1080. The second kappa shape index (κ2) is 9.65. The molecule has 0 fully saturated rings. The molecule has 0 aliphatic rings. The lowest BCUT2D eigenvalue weighted by molar-refractivity contribution is -0.384. The van der Waals surface area contributed by atoms with Crippen LogP contribution < -0.4 is 10.5 Å². The fourth-order valence-corrected chi connectivity index (χ4v) is 3.13. The van der Waals surface area contributed by atoms with Crippen molar-refractivity contribution >= 4 is 17.3 Å². The summed E-state index contributed by atoms with van der Waals surface area (Å²) in [6, 6.07) is 18.4. The van der Waals surface area contributed by atoms with Gasteiger partial charge in [0.05, 0.1) is 17.0 Å². The molecule has 7 nitrogen and oxygen atoms in total. The van der Waals surface area contributed by atoms with Crippen LogP contribution in [0.4, 0.5) is 11.4 Å². The number of pyridine rings is 1. The van der Waals surface area contributed by atoms with E-state index in [4.69, 9.17) is 0 Å². The van der Waals surface area contributed by atoms with Crippen molar-refractivity contribution in [3.8, 4) is 0 Å². The summed E-state index contributed by atoms with van der Waals surface area (Å²) in [6.45, 7) is 2.87. The van der Waals surface area contributed by atoms with Gasteiger partial charge in [-0.2, -0.15) is 0 Å². The van der Waals surface area contributed by atoms with Crippen LogP contribution in [0.25, 0.3) is 0 Å². The van der Waals surface area contributed by atoms with Gasteiger partial charge >= 0.3 is 0 Å². The molecule has 0 spiro atoms. The maximum atomic E-state index is 13.2. The van der Waals surface area contributed by atoms with Gasteiger partial charge in [0.25, 0.3) is 17.2 Å². The van der Waals surface area contributed by atoms with E-state index < -0.39 is 4.92 Å². The molecular formula is C23H23N3O4. The Labute approximate surface area is 174 Å². The lowest BCUT2D eigenvalue weighted by Crippen LogP contribution is -2.33. The predicted octanol–water partition coefficient (Wildman–Crippen LogP) is 4.25. The first-order valence-corrected chi connectivity index (χ1v) is 9.80. The van der Waals surface area contributed by atoms with Crippen molar-refractivity contribution in [2.24, 2.45) is 0 Å². The van der Waals surface area contributed by atoms with Crippen LogP contribution in [-0.2, 0) is 6.54 Å². The van der Waals surface area contributed by atoms with E-state index in [0.29, 0.717) is 12.1 Å². The van der Waals surface area contributed by atoms with Gasteiger partial charge in [0, 0.05) is 36.6 Å². The molecule has 1 amide bonds. The highest BCUT2D eigenvalue weighted by molar-refractivity contribution is 6.05. The molecule has 2 aromatic carbocycles. The van der Waals surface area contributed by atoms with E-state index in [0.717, 1.165) is 24.1 Å². The van der Waals surface area contributed by atoms with Crippen LogP contribution in [0.15, 0.2) is 77.7 Å². The molecule has 30 heavy (non-hydrogen) atoms. The van der Waals surface area contributed by atoms with Crippen LogP contribution in [0, 0.1) is 10.1 Å². The third kappa shape index (κ3) is 5.00. The number of unbranched alkanes of at least 4 members (excludes halogenated alkanes) is 1. The van der Waals surface area contributed by atoms with Gasteiger partial charge < -0.3 is 9.47 Å². The number of aromatic nitrogens is 1. The largest absolute Gasteiger partial charge is 0.310 e. The number of para-hydroxylation sites is 1. The molecule has 0 atom stereocenters. The van der Waals surface area contributed by atoms with E-state index in [1.54, 1.807) is 29.3 Å². The van der Waals surface area contributed by atoms with Crippen LogP contribution >= 0.6 is 0 Å². The zero-order chi connectivity index (χ0) is 21.5. The average Bonchev–Trinajstić information content (AvgIpc) is 2.76. The van der Waals surface area contributed by atoms with Crippen LogP contribution in [-0.4, -0.2) is 21.9 Å². The number of hydrogen-bond donors (Lipinski definition) is 0. The summed E-state index contributed by atoms with van der Waals surface area (Å²) >= 11 is 0. The van der Waals surface area contributed by atoms with Gasteiger partial charge in [0.15, 0.2) is 0 Å². The zero-order valence-electron chi connectivity index (χ0n) is 16.7. The Morgan fingerprint density at radius 3 is 2.37 bits per heavy atom. The number of benzene rings is 2. The highest BCUT2D eigenvalue weighted by atomic mass is 16.6. The molecule has 0 unspecified atom stereocenters. The molecule has 0 aliphatic carbocycles. The molecule has 0 N–H and O–H groups in total. The van der Waals surface area contributed by atoms with Crippen molar-refractivity contribution in [3.63, 3.8) is 0 Å². The highest BCUT2D eigenvalue weighted by Crippen LogP contribution is 2.18. The smallest absolute Gasteiger partial charge is 0.269 e. The van der Waals surface area contributed by atoms with Gasteiger partial charge in [-0.1, -0.05) is 43.7 Å². The second-order valence-electron chi connectivity index (χ2n) is 6.95. The van der Waals surface area contributed by atoms with E-state index in [-0.39, 0.29) is 23.7 Å². The van der Waals surface area contributed by atoms with Crippen molar-refractivity contribution in [2.75, 3.05) is 11.4 Å². The normalized spacial score (nSPS) is 10.6. The number of carbonyl (C=O) groups excluding carboxylic acids is 1. The molecule has 1 heterocycles. The molecule has 1 aromatic heterocycles. The first-order valence-electron chi connectivity index (χ1n) is 9.80. The van der Waals surface area contributed by atoms with Gasteiger partial charge in [-0.05, 0) is 30.2 Å². The lowest BCUT2D eigenvalue weighted by Gasteiger charge is -2.23. The molecule has 0 aliphatic heterocycles. The number of anilines is 1. The van der Waals surface area contributed by atoms with Crippen LogP contribution in [0.2, 0.25) is 0 Å². The quantitative estimate of drug-likeness (QED) is 0.414. The number of carbonyl (C=O) groups is 1. The summed E-state index contributed by atoms with van der Waals surface area (Å²) in [5.74, 6) is -0.174. The molecular weight excluding hydrogens is 382 g/mol. The predicted molar refractivity (Wildman–Crippen MR) is 116 cm³/mol. The Balaban J connectivity index is 1.87. The van der Waals surface area contributed by atoms with Gasteiger partial charge in [-0.15, -0.1) is 0 Å². The summed E-state index contributed by atoms with van der Waals surface area (Å²) in [4.78, 5) is 37.6.